The SMILES string of the molecule is O=C(O)CCN1CCC(c2ccc3c(c2)OCO3)CC1. The maximum Gasteiger partial charge on any atom is 0.304 e. The number of hydrogen-bond donors (Lipinski definition) is 1. The van der Waals surface area contributed by atoms with Crippen molar-refractivity contribution >= 4 is 5.97 Å². The Morgan fingerprint density at radius 1 is 1.25 bits per heavy atom. The van der Waals surface area contributed by atoms with Crippen LogP contribution in [0.4, 0.5) is 0 Å². The van der Waals surface area contributed by atoms with E-state index in [0.717, 1.165) is 37.4 Å². The molecule has 2 aliphatic rings. The van der Waals surface area contributed by atoms with Crippen molar-refractivity contribution in [2.24, 2.45) is 0 Å². The van der Waals surface area contributed by atoms with Gasteiger partial charge in [-0.3, -0.25) is 4.79 Å². The lowest BCUT2D eigenvalue weighted by atomic mass is 9.89. The topological polar surface area (TPSA) is 59.0 Å². The fraction of sp³-hybridized carbons (Fsp3) is 0.533. The second-order valence-corrected chi connectivity index (χ2v) is 5.37. The van der Waals surface area contributed by atoms with Crippen LogP contribution in [-0.2, 0) is 4.79 Å². The van der Waals surface area contributed by atoms with E-state index in [4.69, 9.17) is 14.6 Å². The molecule has 5 nitrogen and oxygen atoms in total. The van der Waals surface area contributed by atoms with Gasteiger partial charge in [-0.1, -0.05) is 6.07 Å². The highest BCUT2D eigenvalue weighted by Gasteiger charge is 2.23. The number of ether oxygens (including phenoxy) is 2. The van der Waals surface area contributed by atoms with E-state index in [-0.39, 0.29) is 6.42 Å². The maximum absolute atomic E-state index is 10.6. The van der Waals surface area contributed by atoms with Crippen molar-refractivity contribution in [1.29, 1.82) is 0 Å². The number of rotatable bonds is 4. The van der Waals surface area contributed by atoms with E-state index >= 15 is 0 Å². The lowest BCUT2D eigenvalue weighted by molar-refractivity contribution is -0.137. The summed E-state index contributed by atoms with van der Waals surface area (Å²) in [6, 6.07) is 6.18. The second kappa shape index (κ2) is 5.71. The highest BCUT2D eigenvalue weighted by atomic mass is 16.7. The quantitative estimate of drug-likeness (QED) is 0.913. The van der Waals surface area contributed by atoms with Crippen molar-refractivity contribution in [3.05, 3.63) is 23.8 Å². The normalized spacial score (nSPS) is 19.2. The first-order valence-electron chi connectivity index (χ1n) is 7.06. The highest BCUT2D eigenvalue weighted by Crippen LogP contribution is 2.37. The molecule has 1 N–H and O–H groups in total. The molecule has 0 aliphatic carbocycles. The number of benzene rings is 1. The first-order chi connectivity index (χ1) is 9.72. The number of carboxylic acid groups (broad SMARTS) is 1. The molecule has 0 radical (unpaired) electrons. The van der Waals surface area contributed by atoms with E-state index in [0.29, 0.717) is 19.3 Å². The smallest absolute Gasteiger partial charge is 0.304 e. The molecule has 1 aromatic rings. The Labute approximate surface area is 118 Å². The minimum Gasteiger partial charge on any atom is -0.481 e. The minimum absolute atomic E-state index is 0.231. The van der Waals surface area contributed by atoms with Crippen molar-refractivity contribution in [2.75, 3.05) is 26.4 Å². The molecule has 2 aliphatic heterocycles. The molecular weight excluding hydrogens is 258 g/mol. The number of carbonyl (C=O) groups is 1. The summed E-state index contributed by atoms with van der Waals surface area (Å²) < 4.78 is 10.7. The van der Waals surface area contributed by atoms with Gasteiger partial charge in [0.15, 0.2) is 11.5 Å². The van der Waals surface area contributed by atoms with Crippen LogP contribution in [0.5, 0.6) is 11.5 Å². The van der Waals surface area contributed by atoms with Gasteiger partial charge >= 0.3 is 5.97 Å². The van der Waals surface area contributed by atoms with Gasteiger partial charge in [0, 0.05) is 6.54 Å². The monoisotopic (exact) mass is 277 g/mol. The van der Waals surface area contributed by atoms with Gasteiger partial charge in [-0.15, -0.1) is 0 Å². The van der Waals surface area contributed by atoms with Crippen LogP contribution >= 0.6 is 0 Å². The molecule has 0 atom stereocenters. The summed E-state index contributed by atoms with van der Waals surface area (Å²) in [5.41, 5.74) is 1.30. The maximum atomic E-state index is 10.6. The largest absolute Gasteiger partial charge is 0.481 e. The van der Waals surface area contributed by atoms with E-state index in [1.165, 1.54) is 5.56 Å². The molecule has 20 heavy (non-hydrogen) atoms. The van der Waals surface area contributed by atoms with E-state index in [2.05, 4.69) is 17.0 Å². The zero-order valence-electron chi connectivity index (χ0n) is 11.4. The van der Waals surface area contributed by atoms with Crippen LogP contribution in [-0.4, -0.2) is 42.4 Å². The Balaban J connectivity index is 1.56. The third-order valence-electron chi connectivity index (χ3n) is 4.10. The third kappa shape index (κ3) is 2.88. The van der Waals surface area contributed by atoms with Gasteiger partial charge in [-0.25, -0.2) is 0 Å². The van der Waals surface area contributed by atoms with Crippen LogP contribution in [0.3, 0.4) is 0 Å². The Morgan fingerprint density at radius 2 is 2.00 bits per heavy atom. The van der Waals surface area contributed by atoms with Gasteiger partial charge in [-0.05, 0) is 49.5 Å². The molecule has 0 saturated carbocycles. The zero-order chi connectivity index (χ0) is 13.9. The standard InChI is InChI=1S/C15H19NO4/c17-15(18)5-8-16-6-3-11(4-7-16)12-1-2-13-14(9-12)20-10-19-13/h1-2,9,11H,3-8,10H2,(H,17,18). The van der Waals surface area contributed by atoms with Gasteiger partial charge in [-0.2, -0.15) is 0 Å². The van der Waals surface area contributed by atoms with Crippen LogP contribution in [0.15, 0.2) is 18.2 Å². The molecule has 2 heterocycles. The van der Waals surface area contributed by atoms with Crippen molar-refractivity contribution in [3.63, 3.8) is 0 Å². The fourth-order valence-electron chi connectivity index (χ4n) is 2.91. The Morgan fingerprint density at radius 3 is 2.75 bits per heavy atom. The van der Waals surface area contributed by atoms with Crippen molar-refractivity contribution in [2.45, 2.75) is 25.2 Å². The van der Waals surface area contributed by atoms with Crippen molar-refractivity contribution in [3.8, 4) is 11.5 Å². The summed E-state index contributed by atoms with van der Waals surface area (Å²) in [6.45, 7) is 2.90. The summed E-state index contributed by atoms with van der Waals surface area (Å²) in [7, 11) is 0. The van der Waals surface area contributed by atoms with Crippen LogP contribution in [0.2, 0.25) is 0 Å². The first-order valence-corrected chi connectivity index (χ1v) is 7.06. The van der Waals surface area contributed by atoms with E-state index in [1.807, 2.05) is 6.07 Å². The lowest BCUT2D eigenvalue weighted by Crippen LogP contribution is -2.34. The van der Waals surface area contributed by atoms with Gasteiger partial charge in [0.25, 0.3) is 0 Å². The molecular formula is C15H19NO4. The first kappa shape index (κ1) is 13.2. The predicted molar refractivity (Wildman–Crippen MR) is 73.2 cm³/mol. The second-order valence-electron chi connectivity index (χ2n) is 5.37. The highest BCUT2D eigenvalue weighted by molar-refractivity contribution is 5.66. The molecule has 0 spiro atoms. The molecule has 3 rings (SSSR count). The zero-order valence-corrected chi connectivity index (χ0v) is 11.4. The van der Waals surface area contributed by atoms with Gasteiger partial charge < -0.3 is 19.5 Å². The summed E-state index contributed by atoms with van der Waals surface area (Å²) in [5.74, 6) is 1.48. The van der Waals surface area contributed by atoms with Gasteiger partial charge in [0.1, 0.15) is 0 Å². The average Bonchev–Trinajstić information content (AvgIpc) is 2.93. The minimum atomic E-state index is -0.720. The Bertz CT molecular complexity index is 495. The van der Waals surface area contributed by atoms with Crippen molar-refractivity contribution < 1.29 is 19.4 Å². The molecule has 1 aromatic carbocycles. The number of aliphatic carboxylic acids is 1. The summed E-state index contributed by atoms with van der Waals surface area (Å²) in [4.78, 5) is 12.8. The molecule has 0 unspecified atom stereocenters. The van der Waals surface area contributed by atoms with Gasteiger partial charge in [0.2, 0.25) is 6.79 Å². The third-order valence-corrected chi connectivity index (χ3v) is 4.10. The van der Waals surface area contributed by atoms with Gasteiger partial charge in [0.05, 0.1) is 6.42 Å². The van der Waals surface area contributed by atoms with Crippen molar-refractivity contribution in [1.82, 2.24) is 4.90 Å². The van der Waals surface area contributed by atoms with E-state index < -0.39 is 5.97 Å². The van der Waals surface area contributed by atoms with Crippen LogP contribution in [0.1, 0.15) is 30.7 Å². The number of nitrogens with zero attached hydrogens (tertiary/aromatic N) is 1. The summed E-state index contributed by atoms with van der Waals surface area (Å²) >= 11 is 0. The summed E-state index contributed by atoms with van der Waals surface area (Å²) in [5, 5.41) is 8.71. The number of hydrogen-bond acceptors (Lipinski definition) is 4. The molecule has 1 fully saturated rings. The molecule has 5 heteroatoms. The molecule has 1 saturated heterocycles. The Kier molecular flexibility index (Phi) is 3.78. The van der Waals surface area contributed by atoms with E-state index in [1.54, 1.807) is 0 Å². The molecule has 0 bridgehead atoms. The number of likely N-dealkylation sites (tertiary alicyclic amines) is 1. The number of carboxylic acids is 1. The average molecular weight is 277 g/mol. The fourth-order valence-corrected chi connectivity index (χ4v) is 2.91. The summed E-state index contributed by atoms with van der Waals surface area (Å²) in [6.07, 6.45) is 2.37. The number of piperidine rings is 1. The Hall–Kier alpha value is -1.75. The van der Waals surface area contributed by atoms with Crippen LogP contribution in [0.25, 0.3) is 0 Å². The lowest BCUT2D eigenvalue weighted by Gasteiger charge is -2.31. The molecule has 0 aromatic heterocycles. The van der Waals surface area contributed by atoms with Crippen LogP contribution in [0, 0.1) is 0 Å². The molecule has 0 amide bonds. The predicted octanol–water partition coefficient (Wildman–Crippen LogP) is 2.07. The van der Waals surface area contributed by atoms with Crippen LogP contribution < -0.4 is 9.47 Å². The number of fused-ring (bicyclic) bond motifs is 1. The molecule has 108 valence electrons. The van der Waals surface area contributed by atoms with E-state index in [9.17, 15) is 4.79 Å².